The van der Waals surface area contributed by atoms with Gasteiger partial charge in [0.2, 0.25) is 0 Å². The number of thiazole rings is 1. The average molecular weight is 283 g/mol. The molecule has 0 saturated heterocycles. The Bertz CT molecular complexity index is 720. The Morgan fingerprint density at radius 1 is 1.25 bits per heavy atom. The van der Waals surface area contributed by atoms with Crippen molar-refractivity contribution in [2.45, 2.75) is 19.9 Å². The second-order valence-corrected chi connectivity index (χ2v) is 5.63. The Balaban J connectivity index is 2.07. The van der Waals surface area contributed by atoms with Gasteiger partial charge in [0.25, 0.3) is 0 Å². The third kappa shape index (κ3) is 2.44. The van der Waals surface area contributed by atoms with E-state index in [1.54, 1.807) is 11.3 Å². The van der Waals surface area contributed by atoms with Crippen molar-refractivity contribution in [3.8, 4) is 0 Å². The van der Waals surface area contributed by atoms with Gasteiger partial charge in [0.05, 0.1) is 22.8 Å². The van der Waals surface area contributed by atoms with E-state index in [4.69, 9.17) is 0 Å². The molecule has 0 aliphatic carbocycles. The lowest BCUT2D eigenvalue weighted by Gasteiger charge is -2.18. The van der Waals surface area contributed by atoms with Crippen LogP contribution < -0.4 is 5.32 Å². The number of nitrogens with zero attached hydrogens (tertiary/aromatic N) is 2. The van der Waals surface area contributed by atoms with Crippen LogP contribution >= 0.6 is 11.3 Å². The summed E-state index contributed by atoms with van der Waals surface area (Å²) in [4.78, 5) is 10.1. The minimum atomic E-state index is 0.193. The molecule has 0 amide bonds. The first-order valence-corrected chi connectivity index (χ1v) is 7.65. The summed E-state index contributed by atoms with van der Waals surface area (Å²) in [7, 11) is 0. The van der Waals surface area contributed by atoms with E-state index in [2.05, 4.69) is 53.4 Å². The van der Waals surface area contributed by atoms with Gasteiger partial charge in [-0.05, 0) is 31.2 Å². The van der Waals surface area contributed by atoms with Crippen molar-refractivity contribution >= 4 is 22.2 Å². The van der Waals surface area contributed by atoms with Crippen LogP contribution in [0, 0.1) is 6.92 Å². The second kappa shape index (κ2) is 5.69. The van der Waals surface area contributed by atoms with Crippen LogP contribution in [-0.4, -0.2) is 16.5 Å². The Morgan fingerprint density at radius 2 is 2.15 bits per heavy atom. The molecule has 3 rings (SSSR count). The number of aryl methyl sites for hydroxylation is 1. The van der Waals surface area contributed by atoms with Crippen molar-refractivity contribution in [1.82, 2.24) is 15.3 Å². The standard InChI is InChI=1S/C16H17N3S/c1-3-17-15(16-11(2)19-10-20-16)13-7-6-12-5-4-8-18-14(12)9-13/h4-10,15,17H,3H2,1-2H3. The van der Waals surface area contributed by atoms with Gasteiger partial charge in [-0.1, -0.05) is 25.1 Å². The van der Waals surface area contributed by atoms with Crippen LogP contribution in [0.5, 0.6) is 0 Å². The molecule has 2 heterocycles. The maximum atomic E-state index is 4.45. The molecular weight excluding hydrogens is 266 g/mol. The van der Waals surface area contributed by atoms with Crippen LogP contribution in [0.1, 0.15) is 29.1 Å². The van der Waals surface area contributed by atoms with E-state index in [1.807, 2.05) is 17.8 Å². The maximum Gasteiger partial charge on any atom is 0.0798 e. The number of pyridine rings is 1. The van der Waals surface area contributed by atoms with Crippen molar-refractivity contribution in [1.29, 1.82) is 0 Å². The molecule has 0 bridgehead atoms. The number of aromatic nitrogens is 2. The van der Waals surface area contributed by atoms with Gasteiger partial charge in [-0.15, -0.1) is 11.3 Å². The monoisotopic (exact) mass is 283 g/mol. The summed E-state index contributed by atoms with van der Waals surface area (Å²) in [6.45, 7) is 5.11. The molecule has 1 atom stereocenters. The highest BCUT2D eigenvalue weighted by Gasteiger charge is 2.17. The molecule has 0 saturated carbocycles. The molecule has 0 aliphatic rings. The molecule has 1 N–H and O–H groups in total. The Hall–Kier alpha value is -1.78. The molecule has 1 aromatic carbocycles. The van der Waals surface area contributed by atoms with Gasteiger partial charge in [-0.3, -0.25) is 4.98 Å². The van der Waals surface area contributed by atoms with E-state index >= 15 is 0 Å². The Morgan fingerprint density at radius 3 is 2.90 bits per heavy atom. The quantitative estimate of drug-likeness (QED) is 0.793. The van der Waals surface area contributed by atoms with Gasteiger partial charge in [-0.25, -0.2) is 4.98 Å². The molecule has 2 aromatic heterocycles. The average Bonchev–Trinajstić information content (AvgIpc) is 2.90. The molecule has 102 valence electrons. The summed E-state index contributed by atoms with van der Waals surface area (Å²) in [5, 5.41) is 4.72. The number of hydrogen-bond donors (Lipinski definition) is 1. The van der Waals surface area contributed by atoms with E-state index < -0.39 is 0 Å². The Labute approximate surface area is 122 Å². The third-order valence-corrected chi connectivity index (χ3v) is 4.41. The molecule has 1 unspecified atom stereocenters. The van der Waals surface area contributed by atoms with Crippen molar-refractivity contribution in [2.75, 3.05) is 6.54 Å². The summed E-state index contributed by atoms with van der Waals surface area (Å²) in [6.07, 6.45) is 1.84. The number of fused-ring (bicyclic) bond motifs is 1. The number of nitrogens with one attached hydrogen (secondary N) is 1. The zero-order valence-electron chi connectivity index (χ0n) is 11.6. The SMILES string of the molecule is CCNC(c1ccc2cccnc2c1)c1scnc1C. The van der Waals surface area contributed by atoms with E-state index in [1.165, 1.54) is 15.8 Å². The molecule has 4 heteroatoms. The zero-order chi connectivity index (χ0) is 13.9. The van der Waals surface area contributed by atoms with Gasteiger partial charge in [-0.2, -0.15) is 0 Å². The van der Waals surface area contributed by atoms with Crippen LogP contribution in [0.3, 0.4) is 0 Å². The van der Waals surface area contributed by atoms with Gasteiger partial charge < -0.3 is 5.32 Å². The first-order chi connectivity index (χ1) is 9.79. The molecule has 3 nitrogen and oxygen atoms in total. The summed E-state index contributed by atoms with van der Waals surface area (Å²) in [5.74, 6) is 0. The largest absolute Gasteiger partial charge is 0.306 e. The third-order valence-electron chi connectivity index (χ3n) is 3.42. The van der Waals surface area contributed by atoms with E-state index in [0.717, 1.165) is 17.8 Å². The fraction of sp³-hybridized carbons (Fsp3) is 0.250. The highest BCUT2D eigenvalue weighted by atomic mass is 32.1. The fourth-order valence-corrected chi connectivity index (χ4v) is 3.32. The van der Waals surface area contributed by atoms with Crippen LogP contribution in [0.2, 0.25) is 0 Å². The minimum absolute atomic E-state index is 0.193. The Kier molecular flexibility index (Phi) is 3.76. The van der Waals surface area contributed by atoms with Crippen LogP contribution in [0.25, 0.3) is 10.9 Å². The predicted octanol–water partition coefficient (Wildman–Crippen LogP) is 3.70. The number of benzene rings is 1. The molecule has 0 fully saturated rings. The minimum Gasteiger partial charge on any atom is -0.306 e. The van der Waals surface area contributed by atoms with Crippen molar-refractivity contribution in [3.05, 3.63) is 58.2 Å². The predicted molar refractivity (Wildman–Crippen MR) is 84.1 cm³/mol. The fourth-order valence-electron chi connectivity index (χ4n) is 2.42. The normalized spacial score (nSPS) is 12.7. The first-order valence-electron chi connectivity index (χ1n) is 6.77. The summed E-state index contributed by atoms with van der Waals surface area (Å²) < 4.78 is 0. The summed E-state index contributed by atoms with van der Waals surface area (Å²) >= 11 is 1.70. The smallest absolute Gasteiger partial charge is 0.0798 e. The van der Waals surface area contributed by atoms with Crippen molar-refractivity contribution in [2.24, 2.45) is 0 Å². The molecule has 0 spiro atoms. The van der Waals surface area contributed by atoms with Crippen LogP contribution in [0.4, 0.5) is 0 Å². The van der Waals surface area contributed by atoms with Gasteiger partial charge in [0.15, 0.2) is 0 Å². The van der Waals surface area contributed by atoms with Crippen LogP contribution in [0.15, 0.2) is 42.0 Å². The van der Waals surface area contributed by atoms with E-state index in [9.17, 15) is 0 Å². The van der Waals surface area contributed by atoms with Gasteiger partial charge in [0, 0.05) is 16.5 Å². The molecular formula is C16H17N3S. The van der Waals surface area contributed by atoms with E-state index in [-0.39, 0.29) is 6.04 Å². The van der Waals surface area contributed by atoms with Crippen molar-refractivity contribution < 1.29 is 0 Å². The lowest BCUT2D eigenvalue weighted by Crippen LogP contribution is -2.21. The number of rotatable bonds is 4. The van der Waals surface area contributed by atoms with E-state index in [0.29, 0.717) is 0 Å². The lowest BCUT2D eigenvalue weighted by atomic mass is 10.0. The topological polar surface area (TPSA) is 37.8 Å². The van der Waals surface area contributed by atoms with Gasteiger partial charge in [0.1, 0.15) is 0 Å². The summed E-state index contributed by atoms with van der Waals surface area (Å²) in [6, 6.07) is 10.7. The zero-order valence-corrected chi connectivity index (χ0v) is 12.4. The molecule has 20 heavy (non-hydrogen) atoms. The van der Waals surface area contributed by atoms with Crippen molar-refractivity contribution in [3.63, 3.8) is 0 Å². The maximum absolute atomic E-state index is 4.45. The highest BCUT2D eigenvalue weighted by Crippen LogP contribution is 2.29. The first kappa shape index (κ1) is 13.2. The lowest BCUT2D eigenvalue weighted by molar-refractivity contribution is 0.636. The van der Waals surface area contributed by atoms with Crippen LogP contribution in [-0.2, 0) is 0 Å². The summed E-state index contributed by atoms with van der Waals surface area (Å²) in [5.41, 5.74) is 5.29. The van der Waals surface area contributed by atoms with Gasteiger partial charge >= 0.3 is 0 Å². The highest BCUT2D eigenvalue weighted by molar-refractivity contribution is 7.09. The number of hydrogen-bond acceptors (Lipinski definition) is 4. The molecule has 0 aliphatic heterocycles. The molecule has 3 aromatic rings. The second-order valence-electron chi connectivity index (χ2n) is 4.75. The molecule has 0 radical (unpaired) electrons.